The highest BCUT2D eigenvalue weighted by atomic mass is 32.2. The third kappa shape index (κ3) is 4.00. The molecule has 2 heterocycles. The predicted molar refractivity (Wildman–Crippen MR) is 103 cm³/mol. The molecule has 3 aromatic rings. The molecule has 0 spiro atoms. The second-order valence-corrected chi connectivity index (χ2v) is 7.51. The van der Waals surface area contributed by atoms with E-state index in [-0.39, 0.29) is 24.8 Å². The van der Waals surface area contributed by atoms with Crippen LogP contribution in [0.5, 0.6) is 0 Å². The summed E-state index contributed by atoms with van der Waals surface area (Å²) in [4.78, 5) is 19.4. The van der Waals surface area contributed by atoms with Crippen molar-refractivity contribution in [2.75, 3.05) is 17.7 Å². The van der Waals surface area contributed by atoms with Gasteiger partial charge in [0.2, 0.25) is 17.6 Å². The quantitative estimate of drug-likeness (QED) is 0.557. The highest BCUT2D eigenvalue weighted by molar-refractivity contribution is 7.98. The Kier molecular flexibility index (Phi) is 5.08. The summed E-state index contributed by atoms with van der Waals surface area (Å²) in [6, 6.07) is 12.3. The van der Waals surface area contributed by atoms with E-state index in [0.717, 1.165) is 22.6 Å². The first-order valence-corrected chi connectivity index (χ1v) is 10.0. The average molecular weight is 419 g/mol. The Hall–Kier alpha value is -2.81. The smallest absolute Gasteiger partial charge is 0.339 e. The summed E-state index contributed by atoms with van der Waals surface area (Å²) in [7, 11) is 0. The van der Waals surface area contributed by atoms with Crippen LogP contribution in [0.15, 0.2) is 57.9 Å². The van der Waals surface area contributed by atoms with Crippen LogP contribution in [-0.4, -0.2) is 28.8 Å². The van der Waals surface area contributed by atoms with Crippen molar-refractivity contribution in [3.63, 3.8) is 0 Å². The zero-order valence-electron chi connectivity index (χ0n) is 15.3. The molecule has 1 saturated heterocycles. The molecule has 1 amide bonds. The molecule has 0 saturated carbocycles. The van der Waals surface area contributed by atoms with Crippen LogP contribution < -0.4 is 4.90 Å². The Morgan fingerprint density at radius 2 is 1.79 bits per heavy atom. The standard InChI is InChI=1S/C20H16F3N3O2S/c1-29-16-8-2-12(3-9-16)18-24-19(28-25-18)13-10-17(27)26(11-13)15-6-4-14(5-7-15)20(21,22)23/h2-9,13H,10-11H2,1H3. The summed E-state index contributed by atoms with van der Waals surface area (Å²) >= 11 is 1.63. The minimum Gasteiger partial charge on any atom is -0.339 e. The van der Waals surface area contributed by atoms with Crippen LogP contribution in [0.4, 0.5) is 18.9 Å². The number of benzene rings is 2. The van der Waals surface area contributed by atoms with Crippen molar-refractivity contribution in [2.24, 2.45) is 0 Å². The molecule has 1 fully saturated rings. The maximum Gasteiger partial charge on any atom is 0.416 e. The average Bonchev–Trinajstić information content (AvgIpc) is 3.34. The number of carbonyl (C=O) groups is 1. The van der Waals surface area contributed by atoms with Gasteiger partial charge in [-0.3, -0.25) is 4.79 Å². The van der Waals surface area contributed by atoms with Gasteiger partial charge in [0.15, 0.2) is 0 Å². The maximum absolute atomic E-state index is 12.7. The van der Waals surface area contributed by atoms with Gasteiger partial charge >= 0.3 is 6.18 Å². The first kappa shape index (κ1) is 19.5. The topological polar surface area (TPSA) is 59.2 Å². The molecule has 0 bridgehead atoms. The van der Waals surface area contributed by atoms with Gasteiger partial charge in [0.05, 0.1) is 11.5 Å². The van der Waals surface area contributed by atoms with E-state index in [2.05, 4.69) is 10.1 Å². The van der Waals surface area contributed by atoms with Crippen LogP contribution in [0.2, 0.25) is 0 Å². The lowest BCUT2D eigenvalue weighted by Crippen LogP contribution is -2.24. The van der Waals surface area contributed by atoms with Crippen molar-refractivity contribution < 1.29 is 22.5 Å². The number of thioether (sulfide) groups is 1. The lowest BCUT2D eigenvalue weighted by molar-refractivity contribution is -0.137. The minimum atomic E-state index is -4.41. The second kappa shape index (κ2) is 7.55. The van der Waals surface area contributed by atoms with Crippen molar-refractivity contribution in [3.8, 4) is 11.4 Å². The van der Waals surface area contributed by atoms with E-state index in [1.807, 2.05) is 30.5 Å². The second-order valence-electron chi connectivity index (χ2n) is 6.63. The molecule has 29 heavy (non-hydrogen) atoms. The zero-order valence-corrected chi connectivity index (χ0v) is 16.1. The number of anilines is 1. The molecule has 1 atom stereocenters. The monoisotopic (exact) mass is 419 g/mol. The molecular weight excluding hydrogens is 403 g/mol. The Labute approximate surface area is 168 Å². The Morgan fingerprint density at radius 3 is 2.41 bits per heavy atom. The number of halogens is 3. The molecule has 9 heteroatoms. The molecule has 1 aromatic heterocycles. The molecule has 1 aliphatic rings. The number of rotatable bonds is 4. The van der Waals surface area contributed by atoms with Gasteiger partial charge in [-0.2, -0.15) is 18.2 Å². The number of aromatic nitrogens is 2. The van der Waals surface area contributed by atoms with Crippen molar-refractivity contribution in [1.29, 1.82) is 0 Å². The van der Waals surface area contributed by atoms with Gasteiger partial charge in [0.25, 0.3) is 0 Å². The van der Waals surface area contributed by atoms with Crippen LogP contribution in [-0.2, 0) is 11.0 Å². The van der Waals surface area contributed by atoms with Crippen molar-refractivity contribution in [2.45, 2.75) is 23.4 Å². The number of hydrogen-bond donors (Lipinski definition) is 0. The maximum atomic E-state index is 12.7. The van der Waals surface area contributed by atoms with Crippen molar-refractivity contribution >= 4 is 23.4 Å². The van der Waals surface area contributed by atoms with E-state index in [1.165, 1.54) is 17.0 Å². The summed E-state index contributed by atoms with van der Waals surface area (Å²) in [5.74, 6) is 0.278. The van der Waals surface area contributed by atoms with Crippen molar-refractivity contribution in [3.05, 3.63) is 60.0 Å². The first-order chi connectivity index (χ1) is 13.8. The highest BCUT2D eigenvalue weighted by Gasteiger charge is 2.36. The van der Waals surface area contributed by atoms with Gasteiger partial charge in [-0.15, -0.1) is 11.8 Å². The van der Waals surface area contributed by atoms with E-state index in [4.69, 9.17) is 4.52 Å². The number of alkyl halides is 3. The summed E-state index contributed by atoms with van der Waals surface area (Å²) in [6.07, 6.45) is -2.26. The van der Waals surface area contributed by atoms with Crippen LogP contribution in [0.1, 0.15) is 23.8 Å². The van der Waals surface area contributed by atoms with Gasteiger partial charge in [0.1, 0.15) is 0 Å². The SMILES string of the molecule is CSc1ccc(-c2noc(C3CC(=O)N(c4ccc(C(F)(F)F)cc4)C3)n2)cc1. The van der Waals surface area contributed by atoms with Gasteiger partial charge in [-0.05, 0) is 54.8 Å². The molecule has 0 aliphatic carbocycles. The third-order valence-corrected chi connectivity index (χ3v) is 5.51. The molecule has 1 aliphatic heterocycles. The van der Waals surface area contributed by atoms with E-state index >= 15 is 0 Å². The molecule has 150 valence electrons. The lowest BCUT2D eigenvalue weighted by Gasteiger charge is -2.17. The van der Waals surface area contributed by atoms with Crippen LogP contribution in [0, 0.1) is 0 Å². The van der Waals surface area contributed by atoms with Gasteiger partial charge in [0, 0.05) is 29.1 Å². The summed E-state index contributed by atoms with van der Waals surface area (Å²) < 4.78 is 43.6. The number of hydrogen-bond acceptors (Lipinski definition) is 5. The molecule has 1 unspecified atom stereocenters. The van der Waals surface area contributed by atoms with Crippen LogP contribution in [0.25, 0.3) is 11.4 Å². The Balaban J connectivity index is 1.50. The molecular formula is C20H16F3N3O2S. The summed E-state index contributed by atoms with van der Waals surface area (Å²) in [5, 5.41) is 4.00. The minimum absolute atomic E-state index is 0.161. The summed E-state index contributed by atoms with van der Waals surface area (Å²) in [6.45, 7) is 0.275. The van der Waals surface area contributed by atoms with Crippen molar-refractivity contribution in [1.82, 2.24) is 10.1 Å². The molecule has 0 radical (unpaired) electrons. The zero-order chi connectivity index (χ0) is 20.6. The fourth-order valence-corrected chi connectivity index (χ4v) is 3.62. The van der Waals surface area contributed by atoms with Gasteiger partial charge in [-0.1, -0.05) is 5.16 Å². The number of carbonyl (C=O) groups excluding carboxylic acids is 1. The third-order valence-electron chi connectivity index (χ3n) is 4.77. The van der Waals surface area contributed by atoms with E-state index in [1.54, 1.807) is 11.8 Å². The molecule has 4 rings (SSSR count). The van der Waals surface area contributed by atoms with Gasteiger partial charge < -0.3 is 9.42 Å². The van der Waals surface area contributed by atoms with Crippen LogP contribution in [0.3, 0.4) is 0 Å². The highest BCUT2D eigenvalue weighted by Crippen LogP contribution is 2.34. The van der Waals surface area contributed by atoms with Gasteiger partial charge in [-0.25, -0.2) is 0 Å². The number of amides is 1. The largest absolute Gasteiger partial charge is 0.416 e. The Bertz CT molecular complexity index is 1020. The Morgan fingerprint density at radius 1 is 1.10 bits per heavy atom. The fraction of sp³-hybridized carbons (Fsp3) is 0.250. The van der Waals surface area contributed by atoms with E-state index in [9.17, 15) is 18.0 Å². The first-order valence-electron chi connectivity index (χ1n) is 8.81. The molecule has 2 aromatic carbocycles. The van der Waals surface area contributed by atoms with E-state index in [0.29, 0.717) is 17.4 Å². The normalized spacial score (nSPS) is 17.2. The van der Waals surface area contributed by atoms with E-state index < -0.39 is 11.7 Å². The fourth-order valence-electron chi connectivity index (χ4n) is 3.21. The molecule has 5 nitrogen and oxygen atoms in total. The van der Waals surface area contributed by atoms with Crippen LogP contribution >= 0.6 is 11.8 Å². The predicted octanol–water partition coefficient (Wildman–Crippen LogP) is 5.00. The lowest BCUT2D eigenvalue weighted by atomic mass is 10.1. The molecule has 0 N–H and O–H groups in total. The number of nitrogens with zero attached hydrogens (tertiary/aromatic N) is 3. The summed E-state index contributed by atoms with van der Waals surface area (Å²) in [5.41, 5.74) is 0.470.